The van der Waals surface area contributed by atoms with Crippen LogP contribution in [0, 0.1) is 10.1 Å². The number of aromatic nitrogens is 2. The van der Waals surface area contributed by atoms with Crippen LogP contribution in [0.3, 0.4) is 0 Å². The molecule has 3 heterocycles. The average Bonchev–Trinajstić information content (AvgIpc) is 3.04. The number of anilines is 1. The molecule has 0 saturated heterocycles. The standard InChI is InChI=1S/C12H14N4O3S/c1-8(17)10-6-9(16(18)19)12(20-10)15-5-4-14-3-2-13-11(14)7-15/h2-3,6,8,17H,4-5,7H2,1H3/t8-/m1/s1. The van der Waals surface area contributed by atoms with Gasteiger partial charge in [0.1, 0.15) is 5.82 Å². The molecule has 7 nitrogen and oxygen atoms in total. The van der Waals surface area contributed by atoms with E-state index in [1.54, 1.807) is 13.1 Å². The first-order valence-corrected chi connectivity index (χ1v) is 7.09. The summed E-state index contributed by atoms with van der Waals surface area (Å²) in [6, 6.07) is 1.46. The van der Waals surface area contributed by atoms with Crippen molar-refractivity contribution in [1.82, 2.24) is 9.55 Å². The first-order chi connectivity index (χ1) is 9.56. The van der Waals surface area contributed by atoms with Gasteiger partial charge in [-0.3, -0.25) is 10.1 Å². The van der Waals surface area contributed by atoms with E-state index in [0.29, 0.717) is 23.0 Å². The number of thiophene rings is 1. The van der Waals surface area contributed by atoms with Crippen molar-refractivity contribution in [3.05, 3.63) is 39.3 Å². The number of aliphatic hydroxyl groups is 1. The van der Waals surface area contributed by atoms with Gasteiger partial charge in [-0.05, 0) is 6.92 Å². The Kier molecular flexibility index (Phi) is 3.19. The van der Waals surface area contributed by atoms with Crippen LogP contribution in [0.25, 0.3) is 0 Å². The molecular weight excluding hydrogens is 280 g/mol. The minimum Gasteiger partial charge on any atom is -0.388 e. The SMILES string of the molecule is C[C@@H](O)c1cc([N+](=O)[O-])c(N2CCn3ccnc3C2)s1. The number of imidazole rings is 1. The van der Waals surface area contributed by atoms with Gasteiger partial charge in [-0.25, -0.2) is 4.98 Å². The summed E-state index contributed by atoms with van der Waals surface area (Å²) in [5.74, 6) is 0.901. The fraction of sp³-hybridized carbons (Fsp3) is 0.417. The van der Waals surface area contributed by atoms with Gasteiger partial charge in [0.15, 0.2) is 5.00 Å². The van der Waals surface area contributed by atoms with Crippen molar-refractivity contribution in [3.63, 3.8) is 0 Å². The van der Waals surface area contributed by atoms with Crippen molar-refractivity contribution in [1.29, 1.82) is 0 Å². The predicted molar refractivity (Wildman–Crippen MR) is 74.9 cm³/mol. The summed E-state index contributed by atoms with van der Waals surface area (Å²) in [7, 11) is 0. The van der Waals surface area contributed by atoms with Crippen LogP contribution in [-0.4, -0.2) is 26.1 Å². The number of rotatable bonds is 3. The Morgan fingerprint density at radius 2 is 2.35 bits per heavy atom. The highest BCUT2D eigenvalue weighted by Crippen LogP contribution is 2.41. The van der Waals surface area contributed by atoms with Gasteiger partial charge in [0.05, 0.1) is 17.6 Å². The number of nitro groups is 1. The van der Waals surface area contributed by atoms with E-state index in [9.17, 15) is 15.2 Å². The molecule has 0 saturated carbocycles. The zero-order chi connectivity index (χ0) is 14.3. The average molecular weight is 294 g/mol. The Morgan fingerprint density at radius 3 is 3.05 bits per heavy atom. The minimum absolute atomic E-state index is 0.0610. The van der Waals surface area contributed by atoms with Gasteiger partial charge >= 0.3 is 5.69 Å². The Labute approximate surface area is 119 Å². The lowest BCUT2D eigenvalue weighted by atomic mass is 10.3. The zero-order valence-corrected chi connectivity index (χ0v) is 11.7. The van der Waals surface area contributed by atoms with Crippen LogP contribution in [0.4, 0.5) is 10.7 Å². The predicted octanol–water partition coefficient (Wildman–Crippen LogP) is 1.93. The molecule has 2 aromatic heterocycles. The molecular formula is C12H14N4O3S. The van der Waals surface area contributed by atoms with Crippen LogP contribution < -0.4 is 4.90 Å². The second-order valence-corrected chi connectivity index (χ2v) is 5.79. The molecule has 0 unspecified atom stereocenters. The lowest BCUT2D eigenvalue weighted by Crippen LogP contribution is -2.33. The van der Waals surface area contributed by atoms with Crippen LogP contribution >= 0.6 is 11.3 Å². The number of nitrogens with zero attached hydrogens (tertiary/aromatic N) is 4. The quantitative estimate of drug-likeness (QED) is 0.690. The van der Waals surface area contributed by atoms with Crippen molar-refractivity contribution in [3.8, 4) is 0 Å². The first-order valence-electron chi connectivity index (χ1n) is 6.27. The third-order valence-electron chi connectivity index (χ3n) is 3.35. The monoisotopic (exact) mass is 294 g/mol. The molecule has 8 heteroatoms. The summed E-state index contributed by atoms with van der Waals surface area (Å²) in [5, 5.41) is 21.4. The molecule has 0 aromatic carbocycles. The van der Waals surface area contributed by atoms with Gasteiger partial charge in [-0.15, -0.1) is 11.3 Å². The van der Waals surface area contributed by atoms with Gasteiger partial charge in [0.2, 0.25) is 0 Å². The van der Waals surface area contributed by atoms with Gasteiger partial charge in [-0.1, -0.05) is 0 Å². The summed E-state index contributed by atoms with van der Waals surface area (Å²) >= 11 is 1.28. The van der Waals surface area contributed by atoms with E-state index >= 15 is 0 Å². The van der Waals surface area contributed by atoms with Crippen molar-refractivity contribution in [2.75, 3.05) is 11.4 Å². The molecule has 1 N–H and O–H groups in total. The zero-order valence-electron chi connectivity index (χ0n) is 10.9. The summed E-state index contributed by atoms with van der Waals surface area (Å²) in [6.45, 7) is 3.62. The van der Waals surface area contributed by atoms with Crippen LogP contribution in [0.1, 0.15) is 23.7 Å². The van der Waals surface area contributed by atoms with Crippen LogP contribution in [0.2, 0.25) is 0 Å². The van der Waals surface area contributed by atoms with E-state index in [4.69, 9.17) is 0 Å². The Bertz CT molecular complexity index is 649. The molecule has 3 rings (SSSR count). The van der Waals surface area contributed by atoms with E-state index in [1.807, 2.05) is 15.7 Å². The molecule has 2 aromatic rings. The summed E-state index contributed by atoms with van der Waals surface area (Å²) < 4.78 is 2.05. The lowest BCUT2D eigenvalue weighted by Gasteiger charge is -2.27. The van der Waals surface area contributed by atoms with E-state index in [2.05, 4.69) is 4.98 Å². The molecule has 20 heavy (non-hydrogen) atoms. The van der Waals surface area contributed by atoms with E-state index in [1.165, 1.54) is 17.4 Å². The Morgan fingerprint density at radius 1 is 1.55 bits per heavy atom. The van der Waals surface area contributed by atoms with Crippen LogP contribution in [-0.2, 0) is 13.1 Å². The highest BCUT2D eigenvalue weighted by molar-refractivity contribution is 7.16. The van der Waals surface area contributed by atoms with E-state index in [0.717, 1.165) is 12.4 Å². The maximum Gasteiger partial charge on any atom is 0.304 e. The first kappa shape index (κ1) is 13.1. The number of aliphatic hydroxyl groups excluding tert-OH is 1. The van der Waals surface area contributed by atoms with E-state index < -0.39 is 11.0 Å². The highest BCUT2D eigenvalue weighted by Gasteiger charge is 2.28. The third kappa shape index (κ3) is 2.16. The molecule has 0 radical (unpaired) electrons. The minimum atomic E-state index is -0.695. The summed E-state index contributed by atoms with van der Waals surface area (Å²) in [5.41, 5.74) is 0.0610. The largest absolute Gasteiger partial charge is 0.388 e. The van der Waals surface area contributed by atoms with Crippen molar-refractivity contribution in [2.24, 2.45) is 0 Å². The molecule has 106 valence electrons. The van der Waals surface area contributed by atoms with Gasteiger partial charge < -0.3 is 14.6 Å². The maximum atomic E-state index is 11.2. The summed E-state index contributed by atoms with van der Waals surface area (Å²) in [4.78, 5) is 17.6. The second-order valence-electron chi connectivity index (χ2n) is 4.73. The van der Waals surface area contributed by atoms with Crippen LogP contribution in [0.5, 0.6) is 0 Å². The maximum absolute atomic E-state index is 11.2. The number of hydrogen-bond donors (Lipinski definition) is 1. The molecule has 1 aliphatic rings. The number of fused-ring (bicyclic) bond motifs is 1. The van der Waals surface area contributed by atoms with Crippen molar-refractivity contribution in [2.45, 2.75) is 26.1 Å². The van der Waals surface area contributed by atoms with Crippen LogP contribution in [0.15, 0.2) is 18.5 Å². The molecule has 0 amide bonds. The molecule has 0 fully saturated rings. The van der Waals surface area contributed by atoms with Gasteiger partial charge in [0.25, 0.3) is 0 Å². The molecule has 1 atom stereocenters. The molecule has 1 aliphatic heterocycles. The fourth-order valence-corrected chi connectivity index (χ4v) is 3.39. The molecule has 0 bridgehead atoms. The third-order valence-corrected chi connectivity index (χ3v) is 4.71. The Hall–Kier alpha value is -1.93. The van der Waals surface area contributed by atoms with E-state index in [-0.39, 0.29) is 5.69 Å². The number of hydrogen-bond acceptors (Lipinski definition) is 6. The topological polar surface area (TPSA) is 84.4 Å². The summed E-state index contributed by atoms with van der Waals surface area (Å²) in [6.07, 6.45) is 2.96. The lowest BCUT2D eigenvalue weighted by molar-refractivity contribution is -0.383. The van der Waals surface area contributed by atoms with Crippen molar-refractivity contribution >= 4 is 22.0 Å². The molecule has 0 spiro atoms. The highest BCUT2D eigenvalue weighted by atomic mass is 32.1. The second kappa shape index (κ2) is 4.88. The smallest absolute Gasteiger partial charge is 0.304 e. The molecule has 0 aliphatic carbocycles. The van der Waals surface area contributed by atoms with Crippen molar-refractivity contribution < 1.29 is 10.0 Å². The van der Waals surface area contributed by atoms with Gasteiger partial charge in [0, 0.05) is 36.4 Å². The Balaban J connectivity index is 1.96. The van der Waals surface area contributed by atoms with Gasteiger partial charge in [-0.2, -0.15) is 0 Å². The fourth-order valence-electron chi connectivity index (χ4n) is 2.30. The normalized spacial score (nSPS) is 16.0.